The van der Waals surface area contributed by atoms with Gasteiger partial charge in [0.25, 0.3) is 0 Å². The van der Waals surface area contributed by atoms with Gasteiger partial charge in [0.05, 0.1) is 13.3 Å². The third-order valence-electron chi connectivity index (χ3n) is 2.39. The van der Waals surface area contributed by atoms with Crippen LogP contribution in [0.1, 0.15) is 0 Å². The molecular formula is C11H12N4O4. The second-order valence-corrected chi connectivity index (χ2v) is 3.71. The smallest absolute Gasteiger partial charge is 0.427 e. The highest BCUT2D eigenvalue weighted by molar-refractivity contribution is 5.88. The number of allylic oxidation sites excluding steroid dienone is 1. The molecule has 1 aromatic rings. The molecule has 1 unspecified atom stereocenters. The fourth-order valence-electron chi connectivity index (χ4n) is 1.57. The first-order chi connectivity index (χ1) is 9.03. The van der Waals surface area contributed by atoms with E-state index in [0.29, 0.717) is 5.69 Å². The first kappa shape index (κ1) is 13.0. The van der Waals surface area contributed by atoms with Crippen LogP contribution in [0, 0.1) is 5.21 Å². The quantitative estimate of drug-likeness (QED) is 0.325. The first-order valence-electron chi connectivity index (χ1n) is 5.32. The summed E-state index contributed by atoms with van der Waals surface area (Å²) in [5, 5.41) is 28.1. The van der Waals surface area contributed by atoms with E-state index in [9.17, 15) is 15.2 Å². The van der Waals surface area contributed by atoms with Gasteiger partial charge in [-0.05, 0) is 6.07 Å². The Morgan fingerprint density at radius 2 is 2.32 bits per heavy atom. The Morgan fingerprint density at radius 1 is 1.58 bits per heavy atom. The third-order valence-corrected chi connectivity index (χ3v) is 2.39. The van der Waals surface area contributed by atoms with Crippen LogP contribution in [-0.2, 0) is 4.74 Å². The summed E-state index contributed by atoms with van der Waals surface area (Å²) in [4.78, 5) is 9.13. The van der Waals surface area contributed by atoms with Gasteiger partial charge >= 0.3 is 6.09 Å². The van der Waals surface area contributed by atoms with Gasteiger partial charge in [-0.25, -0.2) is 15.4 Å². The number of hydrogen-bond acceptors (Lipinski definition) is 6. The Balaban J connectivity index is 2.18. The second kappa shape index (κ2) is 5.06. The predicted octanol–water partition coefficient (Wildman–Crippen LogP) is 1.49. The first-order valence-corrected chi connectivity index (χ1v) is 5.32. The highest BCUT2D eigenvalue weighted by atomic mass is 16.8. The van der Waals surface area contributed by atoms with Crippen LogP contribution in [0.3, 0.4) is 0 Å². The number of hydrazone groups is 1. The minimum absolute atomic E-state index is 0.167. The lowest BCUT2D eigenvalue weighted by Crippen LogP contribution is -2.37. The molecular weight excluding hydrogens is 252 g/mol. The van der Waals surface area contributed by atoms with Crippen molar-refractivity contribution in [2.24, 2.45) is 5.10 Å². The molecule has 0 saturated carbocycles. The zero-order valence-electron chi connectivity index (χ0n) is 10.0. The van der Waals surface area contributed by atoms with Crippen LogP contribution >= 0.6 is 0 Å². The lowest BCUT2D eigenvalue weighted by atomic mass is 10.2. The Hall–Kier alpha value is -2.42. The number of quaternary nitrogens is 1. The highest BCUT2D eigenvalue weighted by Crippen LogP contribution is 2.34. The summed E-state index contributed by atoms with van der Waals surface area (Å²) >= 11 is 0. The fraction of sp³-hybridized carbons (Fsp3) is 0.0909. The Kier molecular flexibility index (Phi) is 3.47. The summed E-state index contributed by atoms with van der Waals surface area (Å²) in [5.74, 6) is 0. The summed E-state index contributed by atoms with van der Waals surface area (Å²) < 4.78 is 4.32. The Bertz CT molecular complexity index is 553. The average Bonchev–Trinajstić information content (AvgIpc) is 2.38. The number of hydroxylamine groups is 2. The number of carbonyl (C=O) groups excluding carboxylic acids is 1. The van der Waals surface area contributed by atoms with Gasteiger partial charge in [-0.15, -0.1) is 0 Å². The van der Waals surface area contributed by atoms with Gasteiger partial charge in [0, 0.05) is 6.07 Å². The van der Waals surface area contributed by atoms with E-state index in [4.69, 9.17) is 0 Å². The Labute approximate surface area is 108 Å². The van der Waals surface area contributed by atoms with Crippen molar-refractivity contribution in [2.45, 2.75) is 0 Å². The molecule has 8 heteroatoms. The number of rotatable bonds is 2. The number of methoxy groups -OCH3 is 1. The molecule has 1 aliphatic rings. The maximum absolute atomic E-state index is 11.9. The van der Waals surface area contributed by atoms with E-state index in [1.807, 2.05) is 0 Å². The van der Waals surface area contributed by atoms with Crippen LogP contribution in [0.2, 0.25) is 0 Å². The number of fused-ring (bicyclic) bond motifs is 1. The molecule has 2 rings (SSSR count). The number of para-hydroxylation sites is 2. The number of benzene rings is 1. The van der Waals surface area contributed by atoms with Gasteiger partial charge in [0.1, 0.15) is 11.4 Å². The molecule has 19 heavy (non-hydrogen) atoms. The molecule has 0 spiro atoms. The number of nitrogens with zero attached hydrogens (tertiary/aromatic N) is 2. The molecule has 0 saturated heterocycles. The maximum Gasteiger partial charge on any atom is 0.427 e. The normalized spacial score (nSPS) is 21.3. The summed E-state index contributed by atoms with van der Waals surface area (Å²) in [6, 6.07) is 6.52. The lowest BCUT2D eigenvalue weighted by molar-refractivity contribution is 0.0181. The summed E-state index contributed by atoms with van der Waals surface area (Å²) in [7, 11) is 1.20. The molecule has 3 N–H and O–H groups in total. The van der Waals surface area contributed by atoms with E-state index >= 15 is 0 Å². The van der Waals surface area contributed by atoms with Crippen LogP contribution in [0.15, 0.2) is 41.3 Å². The van der Waals surface area contributed by atoms with Crippen LogP contribution in [-0.4, -0.2) is 24.6 Å². The average molecular weight is 264 g/mol. The molecule has 0 aliphatic carbocycles. The number of carbonyl (C=O) groups is 1. The molecule has 1 atom stereocenters. The van der Waals surface area contributed by atoms with E-state index in [1.165, 1.54) is 19.4 Å². The van der Waals surface area contributed by atoms with E-state index in [1.54, 1.807) is 18.2 Å². The zero-order chi connectivity index (χ0) is 13.9. The van der Waals surface area contributed by atoms with Crippen molar-refractivity contribution >= 4 is 23.7 Å². The number of amides is 1. The van der Waals surface area contributed by atoms with Crippen molar-refractivity contribution in [3.05, 3.63) is 41.4 Å². The molecule has 0 aromatic heterocycles. The maximum atomic E-state index is 11.9. The van der Waals surface area contributed by atoms with Gasteiger partial charge < -0.3 is 15.3 Å². The van der Waals surface area contributed by atoms with E-state index < -0.39 is 10.9 Å². The molecule has 0 bridgehead atoms. The van der Waals surface area contributed by atoms with E-state index in [2.05, 4.69) is 20.6 Å². The van der Waals surface area contributed by atoms with Crippen LogP contribution in [0.5, 0.6) is 0 Å². The van der Waals surface area contributed by atoms with Gasteiger partial charge in [-0.2, -0.15) is 9.91 Å². The SMILES string of the molecule is COC(=O)NN=CC1=C[N+]([O-])(O)c2ccccc2N1. The minimum atomic E-state index is -1.65. The van der Waals surface area contributed by atoms with E-state index in [0.717, 1.165) is 6.20 Å². The molecule has 1 heterocycles. The molecule has 8 nitrogen and oxygen atoms in total. The fourth-order valence-corrected chi connectivity index (χ4v) is 1.57. The molecule has 100 valence electrons. The largest absolute Gasteiger partial charge is 0.588 e. The molecule has 0 radical (unpaired) electrons. The number of nitrogens with one attached hydrogen (secondary N) is 2. The molecule has 1 aliphatic heterocycles. The van der Waals surface area contributed by atoms with Crippen LogP contribution < -0.4 is 15.6 Å². The highest BCUT2D eigenvalue weighted by Gasteiger charge is 2.26. The predicted molar refractivity (Wildman–Crippen MR) is 69.1 cm³/mol. The van der Waals surface area contributed by atoms with Crippen molar-refractivity contribution in [3.63, 3.8) is 0 Å². The number of ether oxygens (including phenoxy) is 1. The monoisotopic (exact) mass is 264 g/mol. The summed E-state index contributed by atoms with van der Waals surface area (Å²) in [6.07, 6.45) is 1.46. The van der Waals surface area contributed by atoms with Crippen molar-refractivity contribution < 1.29 is 14.7 Å². The zero-order valence-corrected chi connectivity index (χ0v) is 10.0. The van der Waals surface area contributed by atoms with Gasteiger partial charge in [-0.1, -0.05) is 12.1 Å². The number of hydrogen-bond donors (Lipinski definition) is 3. The van der Waals surface area contributed by atoms with Crippen molar-refractivity contribution in [1.29, 1.82) is 0 Å². The summed E-state index contributed by atoms with van der Waals surface area (Å²) in [5.41, 5.74) is 2.94. The van der Waals surface area contributed by atoms with Gasteiger partial charge in [0.2, 0.25) is 0 Å². The molecule has 1 amide bonds. The Morgan fingerprint density at radius 3 is 3.05 bits per heavy atom. The van der Waals surface area contributed by atoms with Crippen molar-refractivity contribution in [1.82, 2.24) is 10.2 Å². The third kappa shape index (κ3) is 2.88. The van der Waals surface area contributed by atoms with Gasteiger partial charge in [0.15, 0.2) is 11.9 Å². The van der Waals surface area contributed by atoms with Crippen LogP contribution in [0.25, 0.3) is 0 Å². The van der Waals surface area contributed by atoms with Crippen molar-refractivity contribution in [2.75, 3.05) is 12.4 Å². The standard InChI is InChI=1S/C11H12N4O4/c1-19-11(16)14-12-6-8-7-15(17,18)10-5-3-2-4-9(10)13-8/h2-7,13,17H,1H3,(H,14,16). The van der Waals surface area contributed by atoms with Gasteiger partial charge in [-0.3, -0.25) is 0 Å². The topological polar surface area (TPSA) is 106 Å². The van der Waals surface area contributed by atoms with E-state index in [-0.39, 0.29) is 11.4 Å². The second-order valence-electron chi connectivity index (χ2n) is 3.71. The molecule has 1 aromatic carbocycles. The van der Waals surface area contributed by atoms with Crippen LogP contribution in [0.4, 0.5) is 16.2 Å². The minimum Gasteiger partial charge on any atom is -0.588 e. The number of anilines is 1. The summed E-state index contributed by atoms with van der Waals surface area (Å²) in [6.45, 7) is 0. The lowest BCUT2D eigenvalue weighted by Gasteiger charge is -2.34. The van der Waals surface area contributed by atoms with Crippen molar-refractivity contribution in [3.8, 4) is 0 Å². The molecule has 0 fully saturated rings.